The molecule has 0 heterocycles. The summed E-state index contributed by atoms with van der Waals surface area (Å²) in [6.45, 7) is 6.41. The number of aliphatic carboxylic acids is 1. The highest BCUT2D eigenvalue weighted by molar-refractivity contribution is 5.84. The number of oxime groups is 1. The molecule has 0 amide bonds. The summed E-state index contributed by atoms with van der Waals surface area (Å²) >= 11 is 0. The van der Waals surface area contributed by atoms with Crippen LogP contribution >= 0.6 is 0 Å². The lowest BCUT2D eigenvalue weighted by Crippen LogP contribution is -2.53. The number of rotatable bonds is 2. The molecule has 4 nitrogen and oxygen atoms in total. The van der Waals surface area contributed by atoms with E-state index in [-0.39, 0.29) is 0 Å². The van der Waals surface area contributed by atoms with E-state index < -0.39 is 11.4 Å². The summed E-state index contributed by atoms with van der Waals surface area (Å²) in [6, 6.07) is 0. The van der Waals surface area contributed by atoms with Crippen molar-refractivity contribution in [2.75, 3.05) is 0 Å². The third kappa shape index (κ3) is 2.84. The molecule has 9 atom stereocenters. The Morgan fingerprint density at radius 3 is 2.34 bits per heavy atom. The Morgan fingerprint density at radius 1 is 0.966 bits per heavy atom. The lowest BCUT2D eigenvalue weighted by molar-refractivity contribution is -0.163. The van der Waals surface area contributed by atoms with Crippen LogP contribution in [-0.4, -0.2) is 22.0 Å². The van der Waals surface area contributed by atoms with Gasteiger partial charge in [-0.3, -0.25) is 4.79 Å². The molecule has 5 aliphatic rings. The number of nitrogens with zero attached hydrogens (tertiary/aromatic N) is 1. The number of carboxylic acids is 1. The van der Waals surface area contributed by atoms with Gasteiger partial charge < -0.3 is 10.3 Å². The SMILES string of the molecule is C=C(C)C1CCC2(C(=O)O)CCC3C4CCC5CC(=NO)CCC5C4CCC3C12. The minimum absolute atomic E-state index is 0.314. The summed E-state index contributed by atoms with van der Waals surface area (Å²) in [5, 5.41) is 23.0. The fourth-order valence-corrected chi connectivity index (χ4v) is 9.26. The molecule has 2 N–H and O–H groups in total. The van der Waals surface area contributed by atoms with E-state index in [1.165, 1.54) is 37.7 Å². The minimum Gasteiger partial charge on any atom is -0.481 e. The van der Waals surface area contributed by atoms with Crippen LogP contribution in [0.3, 0.4) is 0 Å². The Bertz CT molecular complexity index is 730. The largest absolute Gasteiger partial charge is 0.481 e. The summed E-state index contributed by atoms with van der Waals surface area (Å²) < 4.78 is 0. The maximum absolute atomic E-state index is 12.5. The van der Waals surface area contributed by atoms with Gasteiger partial charge >= 0.3 is 5.97 Å². The van der Waals surface area contributed by atoms with Gasteiger partial charge in [0.15, 0.2) is 0 Å². The first-order chi connectivity index (χ1) is 14.0. The Balaban J connectivity index is 1.41. The highest BCUT2D eigenvalue weighted by Crippen LogP contribution is 2.66. The first-order valence-corrected chi connectivity index (χ1v) is 12.0. The summed E-state index contributed by atoms with van der Waals surface area (Å²) in [7, 11) is 0. The minimum atomic E-state index is -0.529. The summed E-state index contributed by atoms with van der Waals surface area (Å²) in [5.74, 6) is 4.62. The first-order valence-electron chi connectivity index (χ1n) is 12.0. The Kier molecular flexibility index (Phi) is 4.83. The molecule has 0 aliphatic heterocycles. The van der Waals surface area contributed by atoms with E-state index in [2.05, 4.69) is 18.7 Å². The quantitative estimate of drug-likeness (QED) is 0.353. The second-order valence-corrected chi connectivity index (χ2v) is 11.2. The van der Waals surface area contributed by atoms with Crippen molar-refractivity contribution in [3.63, 3.8) is 0 Å². The van der Waals surface area contributed by atoms with E-state index >= 15 is 0 Å². The standard InChI is InChI=1S/C25H37NO3/c1-14(2)17-9-11-25(24(27)28)12-10-21-20-5-3-15-13-16(26-29)4-6-18(15)19(20)7-8-22(21)23(17)25/h15,17-23,29H,1,3-13H2,2H3,(H,27,28). The van der Waals surface area contributed by atoms with Crippen LogP contribution in [-0.2, 0) is 4.79 Å². The number of hydrogen-bond donors (Lipinski definition) is 2. The average molecular weight is 400 g/mol. The van der Waals surface area contributed by atoms with Crippen LogP contribution in [0.4, 0.5) is 0 Å². The third-order valence-electron chi connectivity index (χ3n) is 10.3. The van der Waals surface area contributed by atoms with Crippen LogP contribution < -0.4 is 0 Å². The average Bonchev–Trinajstić information content (AvgIpc) is 3.14. The summed E-state index contributed by atoms with van der Waals surface area (Å²) in [4.78, 5) is 12.5. The van der Waals surface area contributed by atoms with Crippen LogP contribution in [0.5, 0.6) is 0 Å². The van der Waals surface area contributed by atoms with Crippen LogP contribution in [0.2, 0.25) is 0 Å². The Labute approximate surface area is 174 Å². The summed E-state index contributed by atoms with van der Waals surface area (Å²) in [6.07, 6.45) is 12.1. The van der Waals surface area contributed by atoms with Gasteiger partial charge in [0.05, 0.1) is 11.1 Å². The van der Waals surface area contributed by atoms with Gasteiger partial charge in [-0.1, -0.05) is 17.3 Å². The number of carboxylic acid groups (broad SMARTS) is 1. The van der Waals surface area contributed by atoms with E-state index in [4.69, 9.17) is 0 Å². The number of carbonyl (C=O) groups is 1. The molecule has 0 aromatic heterocycles. The highest BCUT2D eigenvalue weighted by atomic mass is 16.4. The van der Waals surface area contributed by atoms with Crippen LogP contribution in [0, 0.1) is 52.8 Å². The van der Waals surface area contributed by atoms with Gasteiger partial charge in [-0.15, -0.1) is 0 Å². The fourth-order valence-electron chi connectivity index (χ4n) is 9.26. The van der Waals surface area contributed by atoms with E-state index in [1.807, 2.05) is 0 Å². The molecule has 4 heteroatoms. The van der Waals surface area contributed by atoms with Gasteiger partial charge in [0.1, 0.15) is 0 Å². The number of hydrogen-bond acceptors (Lipinski definition) is 3. The third-order valence-corrected chi connectivity index (χ3v) is 10.3. The molecule has 0 aromatic carbocycles. The van der Waals surface area contributed by atoms with Gasteiger partial charge in [-0.05, 0) is 125 Å². The van der Waals surface area contributed by atoms with E-state index in [0.29, 0.717) is 23.7 Å². The van der Waals surface area contributed by atoms with E-state index in [9.17, 15) is 15.1 Å². The molecule has 5 rings (SSSR count). The van der Waals surface area contributed by atoms with Crippen LogP contribution in [0.15, 0.2) is 17.3 Å². The molecule has 0 bridgehead atoms. The number of fused-ring (bicyclic) bond motifs is 7. The van der Waals surface area contributed by atoms with Gasteiger partial charge in [0.25, 0.3) is 0 Å². The van der Waals surface area contributed by atoms with Crippen molar-refractivity contribution in [1.82, 2.24) is 0 Å². The first kappa shape index (κ1) is 19.6. The van der Waals surface area contributed by atoms with Crippen molar-refractivity contribution in [3.8, 4) is 0 Å². The van der Waals surface area contributed by atoms with Crippen LogP contribution in [0.25, 0.3) is 0 Å². The van der Waals surface area contributed by atoms with Crippen molar-refractivity contribution in [2.24, 2.45) is 57.9 Å². The van der Waals surface area contributed by atoms with Gasteiger partial charge in [0, 0.05) is 0 Å². The molecule has 0 spiro atoms. The maximum Gasteiger partial charge on any atom is 0.309 e. The zero-order valence-electron chi connectivity index (χ0n) is 17.9. The zero-order valence-corrected chi connectivity index (χ0v) is 17.9. The van der Waals surface area contributed by atoms with Crippen molar-refractivity contribution in [1.29, 1.82) is 0 Å². The van der Waals surface area contributed by atoms with E-state index in [1.54, 1.807) is 0 Å². The van der Waals surface area contributed by atoms with Crippen molar-refractivity contribution < 1.29 is 15.1 Å². The lowest BCUT2D eigenvalue weighted by atomic mass is 9.46. The molecule has 0 saturated heterocycles. The molecule has 29 heavy (non-hydrogen) atoms. The Morgan fingerprint density at radius 2 is 1.62 bits per heavy atom. The topological polar surface area (TPSA) is 69.9 Å². The molecular formula is C25H37NO3. The monoisotopic (exact) mass is 399 g/mol. The molecular weight excluding hydrogens is 362 g/mol. The number of allylic oxidation sites excluding steroid dienone is 1. The van der Waals surface area contributed by atoms with Crippen molar-refractivity contribution in [2.45, 2.75) is 77.6 Å². The van der Waals surface area contributed by atoms with E-state index in [0.717, 1.165) is 67.9 Å². The second-order valence-electron chi connectivity index (χ2n) is 11.2. The maximum atomic E-state index is 12.5. The zero-order chi connectivity index (χ0) is 20.3. The van der Waals surface area contributed by atoms with Gasteiger partial charge in [0.2, 0.25) is 0 Å². The molecule has 9 unspecified atom stereocenters. The smallest absolute Gasteiger partial charge is 0.309 e. The van der Waals surface area contributed by atoms with Gasteiger partial charge in [-0.2, -0.15) is 0 Å². The predicted octanol–water partition coefficient (Wildman–Crippen LogP) is 5.75. The molecule has 160 valence electrons. The summed E-state index contributed by atoms with van der Waals surface area (Å²) in [5.41, 5.74) is 1.75. The predicted molar refractivity (Wildman–Crippen MR) is 113 cm³/mol. The van der Waals surface area contributed by atoms with Gasteiger partial charge in [-0.25, -0.2) is 0 Å². The lowest BCUT2D eigenvalue weighted by Gasteiger charge is -2.58. The second kappa shape index (κ2) is 7.13. The Hall–Kier alpha value is -1.32. The molecule has 5 saturated carbocycles. The normalized spacial score (nSPS) is 50.2. The molecule has 5 aliphatic carbocycles. The van der Waals surface area contributed by atoms with Crippen LogP contribution in [0.1, 0.15) is 77.6 Å². The highest BCUT2D eigenvalue weighted by Gasteiger charge is 2.62. The van der Waals surface area contributed by atoms with Crippen molar-refractivity contribution in [3.05, 3.63) is 12.2 Å². The molecule has 0 radical (unpaired) electrons. The molecule has 5 fully saturated rings. The fraction of sp³-hybridized carbons (Fsp3) is 0.840. The van der Waals surface area contributed by atoms with Crippen molar-refractivity contribution >= 4 is 11.7 Å². The molecule has 0 aromatic rings.